The molecule has 1 unspecified atom stereocenters. The lowest BCUT2D eigenvalue weighted by Crippen LogP contribution is -2.17. The van der Waals surface area contributed by atoms with Crippen molar-refractivity contribution in [1.29, 1.82) is 0 Å². The minimum absolute atomic E-state index is 0.267. The second kappa shape index (κ2) is 7.36. The van der Waals surface area contributed by atoms with E-state index in [0.29, 0.717) is 0 Å². The molecule has 0 aromatic heterocycles. The van der Waals surface area contributed by atoms with Gasteiger partial charge in [0.2, 0.25) is 0 Å². The van der Waals surface area contributed by atoms with Crippen LogP contribution in [0.2, 0.25) is 5.02 Å². The lowest BCUT2D eigenvalue weighted by atomic mass is 10.00. The first kappa shape index (κ1) is 14.1. The Kier molecular flexibility index (Phi) is 6.09. The summed E-state index contributed by atoms with van der Waals surface area (Å²) in [5.41, 5.74) is 1.12. The molecule has 0 spiro atoms. The molecule has 0 bridgehead atoms. The van der Waals surface area contributed by atoms with Crippen LogP contribution in [-0.2, 0) is 0 Å². The smallest absolute Gasteiger partial charge is 0.123 e. The topological polar surface area (TPSA) is 21.3 Å². The van der Waals surface area contributed by atoms with Crippen LogP contribution in [0, 0.1) is 0 Å². The van der Waals surface area contributed by atoms with Crippen molar-refractivity contribution in [2.45, 2.75) is 25.3 Å². The van der Waals surface area contributed by atoms with Gasteiger partial charge >= 0.3 is 0 Å². The third-order valence-electron chi connectivity index (χ3n) is 2.82. The molecule has 0 radical (unpaired) electrons. The minimum atomic E-state index is 0.267. The summed E-state index contributed by atoms with van der Waals surface area (Å²) >= 11 is 6.04. The number of benzene rings is 1. The van der Waals surface area contributed by atoms with Gasteiger partial charge in [0, 0.05) is 16.6 Å². The first-order valence-electron chi connectivity index (χ1n) is 5.84. The summed E-state index contributed by atoms with van der Waals surface area (Å²) in [6.45, 7) is 3.74. The molecule has 17 heavy (non-hydrogen) atoms. The Labute approximate surface area is 109 Å². The maximum absolute atomic E-state index is 6.04. The Bertz CT molecular complexity index is 365. The molecule has 0 aliphatic rings. The molecule has 0 saturated carbocycles. The van der Waals surface area contributed by atoms with E-state index in [9.17, 15) is 0 Å². The van der Waals surface area contributed by atoms with E-state index in [0.717, 1.165) is 35.6 Å². The van der Waals surface area contributed by atoms with Crippen LogP contribution in [0.1, 0.15) is 30.9 Å². The maximum atomic E-state index is 6.04. The van der Waals surface area contributed by atoms with Gasteiger partial charge in [-0.3, -0.25) is 0 Å². The largest absolute Gasteiger partial charge is 0.496 e. The number of ether oxygens (including phenoxy) is 1. The maximum Gasteiger partial charge on any atom is 0.123 e. The molecular formula is C14H20ClNO. The average Bonchev–Trinajstić information content (AvgIpc) is 2.35. The molecule has 1 rings (SSSR count). The average molecular weight is 254 g/mol. The van der Waals surface area contributed by atoms with E-state index >= 15 is 0 Å². The number of hydrogen-bond donors (Lipinski definition) is 1. The normalized spacial score (nSPS) is 12.2. The van der Waals surface area contributed by atoms with Crippen LogP contribution in [-0.4, -0.2) is 14.2 Å². The summed E-state index contributed by atoms with van der Waals surface area (Å²) in [5, 5.41) is 4.05. The molecule has 1 N–H and O–H groups in total. The molecule has 0 aliphatic heterocycles. The van der Waals surface area contributed by atoms with Gasteiger partial charge < -0.3 is 10.1 Å². The van der Waals surface area contributed by atoms with E-state index in [4.69, 9.17) is 16.3 Å². The van der Waals surface area contributed by atoms with Crippen LogP contribution in [0.25, 0.3) is 0 Å². The van der Waals surface area contributed by atoms with Crippen LogP contribution >= 0.6 is 11.6 Å². The molecule has 0 aliphatic carbocycles. The molecule has 1 aromatic rings. The summed E-state index contributed by atoms with van der Waals surface area (Å²) in [6, 6.07) is 5.99. The Morgan fingerprint density at radius 3 is 2.88 bits per heavy atom. The van der Waals surface area contributed by atoms with E-state index in [1.165, 1.54) is 0 Å². The second-order valence-corrected chi connectivity index (χ2v) is 4.38. The number of unbranched alkanes of at least 4 members (excludes halogenated alkanes) is 1. The zero-order chi connectivity index (χ0) is 12.7. The summed E-state index contributed by atoms with van der Waals surface area (Å²) in [6.07, 6.45) is 5.12. The van der Waals surface area contributed by atoms with Gasteiger partial charge in [-0.15, -0.1) is 6.58 Å². The molecule has 0 amide bonds. The zero-order valence-electron chi connectivity index (χ0n) is 10.5. The van der Waals surface area contributed by atoms with E-state index < -0.39 is 0 Å². The van der Waals surface area contributed by atoms with Crippen LogP contribution in [0.4, 0.5) is 0 Å². The fourth-order valence-electron chi connectivity index (χ4n) is 1.90. The second-order valence-electron chi connectivity index (χ2n) is 3.95. The van der Waals surface area contributed by atoms with Crippen molar-refractivity contribution in [1.82, 2.24) is 5.32 Å². The van der Waals surface area contributed by atoms with E-state index in [1.807, 2.05) is 31.3 Å². The van der Waals surface area contributed by atoms with Crippen LogP contribution in [0.15, 0.2) is 30.9 Å². The van der Waals surface area contributed by atoms with Crippen LogP contribution in [0.5, 0.6) is 5.75 Å². The monoisotopic (exact) mass is 253 g/mol. The Morgan fingerprint density at radius 2 is 2.29 bits per heavy atom. The van der Waals surface area contributed by atoms with Crippen molar-refractivity contribution in [3.63, 3.8) is 0 Å². The van der Waals surface area contributed by atoms with Crippen LogP contribution < -0.4 is 10.1 Å². The molecule has 1 aromatic carbocycles. The lowest BCUT2D eigenvalue weighted by molar-refractivity contribution is 0.397. The molecule has 0 heterocycles. The highest BCUT2D eigenvalue weighted by Crippen LogP contribution is 2.30. The predicted octanol–water partition coefficient (Wildman–Crippen LogP) is 3.97. The minimum Gasteiger partial charge on any atom is -0.496 e. The zero-order valence-corrected chi connectivity index (χ0v) is 11.3. The predicted molar refractivity (Wildman–Crippen MR) is 73.9 cm³/mol. The van der Waals surface area contributed by atoms with Crippen molar-refractivity contribution in [2.24, 2.45) is 0 Å². The van der Waals surface area contributed by atoms with E-state index in [-0.39, 0.29) is 6.04 Å². The van der Waals surface area contributed by atoms with Crippen molar-refractivity contribution < 1.29 is 4.74 Å². The first-order valence-corrected chi connectivity index (χ1v) is 6.22. The van der Waals surface area contributed by atoms with Gasteiger partial charge in [0.15, 0.2) is 0 Å². The Hall–Kier alpha value is -0.990. The van der Waals surface area contributed by atoms with Crippen molar-refractivity contribution in [3.05, 3.63) is 41.4 Å². The molecule has 94 valence electrons. The molecule has 3 heteroatoms. The Balaban J connectivity index is 2.85. The summed E-state index contributed by atoms with van der Waals surface area (Å²) in [4.78, 5) is 0. The first-order chi connectivity index (χ1) is 8.22. The van der Waals surface area contributed by atoms with E-state index in [2.05, 4.69) is 11.9 Å². The Morgan fingerprint density at radius 1 is 1.53 bits per heavy atom. The van der Waals surface area contributed by atoms with Crippen molar-refractivity contribution in [2.75, 3.05) is 14.2 Å². The lowest BCUT2D eigenvalue weighted by Gasteiger charge is -2.19. The fourth-order valence-corrected chi connectivity index (χ4v) is 2.08. The highest BCUT2D eigenvalue weighted by atomic mass is 35.5. The van der Waals surface area contributed by atoms with Crippen molar-refractivity contribution in [3.8, 4) is 5.75 Å². The summed E-state index contributed by atoms with van der Waals surface area (Å²) in [5.74, 6) is 0.882. The molecule has 0 saturated heterocycles. The highest BCUT2D eigenvalue weighted by Gasteiger charge is 2.14. The number of methoxy groups -OCH3 is 1. The molecular weight excluding hydrogens is 234 g/mol. The van der Waals surface area contributed by atoms with Gasteiger partial charge in [-0.05, 0) is 44.5 Å². The summed E-state index contributed by atoms with van der Waals surface area (Å²) in [7, 11) is 3.64. The number of halogens is 1. The molecule has 0 fully saturated rings. The van der Waals surface area contributed by atoms with Gasteiger partial charge in [-0.25, -0.2) is 0 Å². The highest BCUT2D eigenvalue weighted by molar-refractivity contribution is 6.30. The molecule has 1 atom stereocenters. The van der Waals surface area contributed by atoms with E-state index in [1.54, 1.807) is 7.11 Å². The third-order valence-corrected chi connectivity index (χ3v) is 3.05. The van der Waals surface area contributed by atoms with Gasteiger partial charge in [0.25, 0.3) is 0 Å². The quantitative estimate of drug-likeness (QED) is 0.587. The third kappa shape index (κ3) is 4.06. The SMILES string of the molecule is C=CCCCC(NC)c1cc(Cl)ccc1OC. The van der Waals surface area contributed by atoms with Gasteiger partial charge in [0.1, 0.15) is 5.75 Å². The van der Waals surface area contributed by atoms with Gasteiger partial charge in [-0.2, -0.15) is 0 Å². The van der Waals surface area contributed by atoms with Crippen molar-refractivity contribution >= 4 is 11.6 Å². The summed E-state index contributed by atoms with van der Waals surface area (Å²) < 4.78 is 5.37. The fraction of sp³-hybridized carbons (Fsp3) is 0.429. The number of allylic oxidation sites excluding steroid dienone is 1. The van der Waals surface area contributed by atoms with Gasteiger partial charge in [0.05, 0.1) is 7.11 Å². The van der Waals surface area contributed by atoms with Crippen LogP contribution in [0.3, 0.4) is 0 Å². The standard InChI is InChI=1S/C14H20ClNO/c1-4-5-6-7-13(16-2)12-10-11(15)8-9-14(12)17-3/h4,8-10,13,16H,1,5-7H2,2-3H3. The van der Waals surface area contributed by atoms with Gasteiger partial charge in [-0.1, -0.05) is 17.7 Å². The number of rotatable bonds is 7. The molecule has 2 nitrogen and oxygen atoms in total. The number of nitrogens with one attached hydrogen (secondary N) is 1. The number of hydrogen-bond acceptors (Lipinski definition) is 2.